The third kappa shape index (κ3) is 5.61. The Kier molecular flexibility index (Phi) is 6.67. The molecule has 2 amide bonds. The van der Waals surface area contributed by atoms with E-state index in [2.05, 4.69) is 10.3 Å². The van der Waals surface area contributed by atoms with Crippen LogP contribution >= 0.6 is 11.3 Å². The predicted molar refractivity (Wildman–Crippen MR) is 98.4 cm³/mol. The Morgan fingerprint density at radius 1 is 1.30 bits per heavy atom. The van der Waals surface area contributed by atoms with Crippen LogP contribution in [0.15, 0.2) is 18.2 Å². The number of thiazole rings is 1. The van der Waals surface area contributed by atoms with Crippen LogP contribution in [0.4, 0.5) is 14.3 Å². The van der Waals surface area contributed by atoms with Crippen molar-refractivity contribution in [3.63, 3.8) is 0 Å². The van der Waals surface area contributed by atoms with Crippen LogP contribution in [-0.2, 0) is 9.59 Å². The molecule has 27 heavy (non-hydrogen) atoms. The van der Waals surface area contributed by atoms with E-state index in [9.17, 15) is 29.0 Å². The van der Waals surface area contributed by atoms with Gasteiger partial charge in [-0.25, -0.2) is 19.0 Å². The van der Waals surface area contributed by atoms with Gasteiger partial charge in [-0.2, -0.15) is 0 Å². The van der Waals surface area contributed by atoms with E-state index < -0.39 is 29.8 Å². The molecule has 0 aliphatic heterocycles. The maximum Gasteiger partial charge on any atom is 0.408 e. The number of carboxylic acids is 1. The van der Waals surface area contributed by atoms with Crippen molar-refractivity contribution in [3.05, 3.63) is 24.0 Å². The van der Waals surface area contributed by atoms with Crippen LogP contribution < -0.4 is 5.32 Å². The number of rotatable bonds is 8. The largest absolute Gasteiger partial charge is 0.480 e. The quantitative estimate of drug-likeness (QED) is 0.629. The number of nitrogens with zero attached hydrogens (tertiary/aromatic N) is 2. The number of benzene rings is 1. The van der Waals surface area contributed by atoms with Gasteiger partial charge in [0.1, 0.15) is 11.9 Å². The van der Waals surface area contributed by atoms with Gasteiger partial charge in [0.05, 0.1) is 10.2 Å². The van der Waals surface area contributed by atoms with Crippen LogP contribution in [0.3, 0.4) is 0 Å². The van der Waals surface area contributed by atoms with Crippen molar-refractivity contribution in [2.24, 2.45) is 5.92 Å². The van der Waals surface area contributed by atoms with E-state index in [1.54, 1.807) is 13.8 Å². The molecule has 0 bridgehead atoms. The summed E-state index contributed by atoms with van der Waals surface area (Å²) in [5.41, 5.74) is 0.534. The zero-order valence-electron chi connectivity index (χ0n) is 14.8. The summed E-state index contributed by atoms with van der Waals surface area (Å²) in [6.07, 6.45) is -1.48. The second-order valence-electron chi connectivity index (χ2n) is 6.39. The van der Waals surface area contributed by atoms with Crippen molar-refractivity contribution in [1.29, 1.82) is 0 Å². The van der Waals surface area contributed by atoms with Gasteiger partial charge >= 0.3 is 12.1 Å². The lowest BCUT2D eigenvalue weighted by Gasteiger charge is -2.27. The summed E-state index contributed by atoms with van der Waals surface area (Å²) in [4.78, 5) is 39.9. The zero-order chi connectivity index (χ0) is 20.1. The fraction of sp³-hybridized carbons (Fsp3) is 0.412. The third-order valence-electron chi connectivity index (χ3n) is 3.78. The highest BCUT2D eigenvalue weighted by Crippen LogP contribution is 2.26. The number of halogens is 1. The summed E-state index contributed by atoms with van der Waals surface area (Å²) in [5, 5.41) is 21.4. The molecule has 0 aliphatic carbocycles. The molecule has 1 heterocycles. The van der Waals surface area contributed by atoms with Gasteiger partial charge in [-0.15, -0.1) is 0 Å². The number of nitrogens with one attached hydrogen (secondary N) is 1. The average molecular weight is 397 g/mol. The standard InChI is InChI=1S/C17H20FN3O5S/c1-9(2)7-12(15(23)24)21(17(25)26)6-5-14(22)20-16-19-11-4-3-10(18)8-13(11)27-16/h3-4,8-9,12H,5-7H2,1-2H3,(H,23,24)(H,25,26)(H,19,20,22). The third-order valence-corrected chi connectivity index (χ3v) is 4.71. The molecule has 0 saturated heterocycles. The van der Waals surface area contributed by atoms with Crippen molar-refractivity contribution in [2.45, 2.75) is 32.7 Å². The summed E-state index contributed by atoms with van der Waals surface area (Å²) >= 11 is 1.09. The molecule has 1 atom stereocenters. The molecule has 2 aromatic rings. The molecule has 3 N–H and O–H groups in total. The molecule has 146 valence electrons. The van der Waals surface area contributed by atoms with Crippen LogP contribution in [0.2, 0.25) is 0 Å². The minimum Gasteiger partial charge on any atom is -0.480 e. The van der Waals surface area contributed by atoms with Crippen molar-refractivity contribution in [3.8, 4) is 0 Å². The highest BCUT2D eigenvalue weighted by Gasteiger charge is 2.30. The first-order chi connectivity index (χ1) is 12.7. The van der Waals surface area contributed by atoms with E-state index in [0.29, 0.717) is 10.2 Å². The van der Waals surface area contributed by atoms with Gasteiger partial charge in [0.25, 0.3) is 0 Å². The van der Waals surface area contributed by atoms with Crippen molar-refractivity contribution in [1.82, 2.24) is 9.88 Å². The van der Waals surface area contributed by atoms with Crippen molar-refractivity contribution >= 4 is 44.7 Å². The molecule has 0 spiro atoms. The second-order valence-corrected chi connectivity index (χ2v) is 7.42. The molecule has 1 aromatic carbocycles. The Morgan fingerprint density at radius 3 is 2.59 bits per heavy atom. The number of carbonyl (C=O) groups is 3. The molecule has 0 saturated carbocycles. The van der Waals surface area contributed by atoms with Gasteiger partial charge in [0.15, 0.2) is 5.13 Å². The number of aromatic nitrogens is 1. The summed E-state index contributed by atoms with van der Waals surface area (Å²) in [7, 11) is 0. The fourth-order valence-electron chi connectivity index (χ4n) is 2.55. The number of amides is 2. The Labute approximate surface area is 158 Å². The monoisotopic (exact) mass is 397 g/mol. The maximum atomic E-state index is 13.2. The molecule has 0 fully saturated rings. The lowest BCUT2D eigenvalue weighted by Crippen LogP contribution is -2.46. The van der Waals surface area contributed by atoms with Crippen molar-refractivity contribution in [2.75, 3.05) is 11.9 Å². The average Bonchev–Trinajstić information content (AvgIpc) is 2.94. The minimum absolute atomic E-state index is 0.0232. The molecule has 1 unspecified atom stereocenters. The van der Waals surface area contributed by atoms with Gasteiger partial charge in [-0.05, 0) is 30.5 Å². The van der Waals surface area contributed by atoms with E-state index in [0.717, 1.165) is 16.2 Å². The highest BCUT2D eigenvalue weighted by atomic mass is 32.1. The Morgan fingerprint density at radius 2 is 2.00 bits per heavy atom. The van der Waals surface area contributed by atoms with Gasteiger partial charge in [-0.3, -0.25) is 9.69 Å². The first-order valence-electron chi connectivity index (χ1n) is 8.25. The SMILES string of the molecule is CC(C)CC(C(=O)O)N(CCC(=O)Nc1nc2ccc(F)cc2s1)C(=O)O. The van der Waals surface area contributed by atoms with E-state index >= 15 is 0 Å². The first kappa shape index (κ1) is 20.6. The number of anilines is 1. The van der Waals surface area contributed by atoms with Gasteiger partial charge in [0, 0.05) is 13.0 Å². The Balaban J connectivity index is 2.01. The Bertz CT molecular complexity index is 854. The molecular weight excluding hydrogens is 377 g/mol. The molecule has 2 rings (SSSR count). The number of carbonyl (C=O) groups excluding carboxylic acids is 1. The number of aliphatic carboxylic acids is 1. The number of hydrogen-bond acceptors (Lipinski definition) is 5. The lowest BCUT2D eigenvalue weighted by atomic mass is 10.0. The van der Waals surface area contributed by atoms with Crippen LogP contribution in [0, 0.1) is 11.7 Å². The van der Waals surface area contributed by atoms with Crippen LogP contribution in [-0.4, -0.2) is 50.7 Å². The maximum absolute atomic E-state index is 13.2. The van der Waals surface area contributed by atoms with Gasteiger partial charge in [-0.1, -0.05) is 25.2 Å². The van der Waals surface area contributed by atoms with Gasteiger partial charge in [0.2, 0.25) is 5.91 Å². The van der Waals surface area contributed by atoms with E-state index in [-0.39, 0.29) is 30.4 Å². The smallest absolute Gasteiger partial charge is 0.408 e. The normalized spacial score (nSPS) is 12.1. The fourth-order valence-corrected chi connectivity index (χ4v) is 3.46. The lowest BCUT2D eigenvalue weighted by molar-refractivity contribution is -0.143. The van der Waals surface area contributed by atoms with Gasteiger partial charge < -0.3 is 15.5 Å². The van der Waals surface area contributed by atoms with E-state index in [1.807, 2.05) is 0 Å². The van der Waals surface area contributed by atoms with Crippen LogP contribution in [0.5, 0.6) is 0 Å². The molecule has 0 radical (unpaired) electrons. The summed E-state index contributed by atoms with van der Waals surface area (Å²) in [6.45, 7) is 3.32. The highest BCUT2D eigenvalue weighted by molar-refractivity contribution is 7.22. The number of carboxylic acid groups (broad SMARTS) is 2. The molecule has 10 heteroatoms. The van der Waals surface area contributed by atoms with Crippen LogP contribution in [0.25, 0.3) is 10.2 Å². The van der Waals surface area contributed by atoms with E-state index in [1.165, 1.54) is 18.2 Å². The molecular formula is C17H20FN3O5S. The summed E-state index contributed by atoms with van der Waals surface area (Å²) in [6, 6.07) is 2.84. The zero-order valence-corrected chi connectivity index (χ0v) is 15.6. The second kappa shape index (κ2) is 8.76. The van der Waals surface area contributed by atoms with Crippen LogP contribution in [0.1, 0.15) is 26.7 Å². The Hall–Kier alpha value is -2.75. The number of hydrogen-bond donors (Lipinski definition) is 3. The summed E-state index contributed by atoms with van der Waals surface area (Å²) in [5.74, 6) is -2.19. The van der Waals surface area contributed by atoms with Crippen molar-refractivity contribution < 1.29 is 29.0 Å². The molecule has 1 aromatic heterocycles. The number of fused-ring (bicyclic) bond motifs is 1. The molecule has 0 aliphatic rings. The van der Waals surface area contributed by atoms with E-state index in [4.69, 9.17) is 0 Å². The minimum atomic E-state index is -1.40. The molecule has 8 nitrogen and oxygen atoms in total. The topological polar surface area (TPSA) is 120 Å². The first-order valence-corrected chi connectivity index (χ1v) is 9.07. The summed E-state index contributed by atoms with van der Waals surface area (Å²) < 4.78 is 13.8. The predicted octanol–water partition coefficient (Wildman–Crippen LogP) is 3.24.